The Morgan fingerprint density at radius 3 is 2.63 bits per heavy atom. The zero-order valence-corrected chi connectivity index (χ0v) is 14.7. The number of carbonyl (C=O) groups excluding carboxylic acids is 1. The summed E-state index contributed by atoms with van der Waals surface area (Å²) in [7, 11) is 0. The van der Waals surface area contributed by atoms with Crippen molar-refractivity contribution in [3.8, 4) is 0 Å². The quantitative estimate of drug-likeness (QED) is 0.390. The van der Waals surface area contributed by atoms with Gasteiger partial charge in [0, 0.05) is 6.20 Å². The predicted octanol–water partition coefficient (Wildman–Crippen LogP) is 2.56. The Kier molecular flexibility index (Phi) is 4.45. The Morgan fingerprint density at radius 1 is 1.00 bits per heavy atom. The molecule has 0 saturated carbocycles. The maximum absolute atomic E-state index is 12.1. The van der Waals surface area contributed by atoms with Crippen molar-refractivity contribution in [2.24, 2.45) is 0 Å². The molecule has 1 aromatic carbocycles. The highest BCUT2D eigenvalue weighted by Gasteiger charge is 2.12. The summed E-state index contributed by atoms with van der Waals surface area (Å²) in [4.78, 5) is 28.7. The number of rotatable bonds is 5. The largest absolute Gasteiger partial charge is 0.393 e. The Morgan fingerprint density at radius 2 is 1.81 bits per heavy atom. The summed E-state index contributed by atoms with van der Waals surface area (Å²) in [6.45, 7) is 0. The van der Waals surface area contributed by atoms with Gasteiger partial charge in [0.25, 0.3) is 5.91 Å². The molecule has 0 fully saturated rings. The zero-order valence-electron chi connectivity index (χ0n) is 13.9. The minimum absolute atomic E-state index is 0.248. The number of benzene rings is 1. The van der Waals surface area contributed by atoms with Crippen molar-refractivity contribution in [3.05, 3.63) is 60.7 Å². The maximum Gasteiger partial charge on any atom is 0.288 e. The highest BCUT2D eigenvalue weighted by molar-refractivity contribution is 7.22. The molecular weight excluding hydrogens is 364 g/mol. The van der Waals surface area contributed by atoms with E-state index in [1.807, 2.05) is 24.3 Å². The Labute approximate surface area is 157 Å². The number of pyridine rings is 1. The molecule has 0 aliphatic heterocycles. The fourth-order valence-electron chi connectivity index (χ4n) is 2.30. The molecule has 10 heteroatoms. The van der Waals surface area contributed by atoms with Crippen molar-refractivity contribution < 1.29 is 4.79 Å². The first-order chi connectivity index (χ1) is 13.2. The lowest BCUT2D eigenvalue weighted by molar-refractivity contribution is 0.0957. The molecule has 0 saturated heterocycles. The van der Waals surface area contributed by atoms with E-state index < -0.39 is 5.91 Å². The van der Waals surface area contributed by atoms with Gasteiger partial charge in [-0.1, -0.05) is 29.5 Å². The van der Waals surface area contributed by atoms with E-state index in [0.717, 1.165) is 10.2 Å². The van der Waals surface area contributed by atoms with Crippen molar-refractivity contribution in [2.45, 2.75) is 0 Å². The number of amides is 1. The number of hydrazine groups is 1. The van der Waals surface area contributed by atoms with Gasteiger partial charge in [-0.3, -0.25) is 20.6 Å². The smallest absolute Gasteiger partial charge is 0.288 e. The molecule has 0 aliphatic carbocycles. The normalized spacial score (nSPS) is 10.5. The standard InChI is InChI=1S/C17H14N8OS/c18-13-14(23-17-22-10-5-1-2-7-12(10)27-17)20-9-21-15(13)24-25-16(26)11-6-3-4-8-19-11/h1-9H,18H2,(H,25,26)(H2,20,21,22,23,24). The number of nitrogens with two attached hydrogens (primary N) is 1. The zero-order chi connectivity index (χ0) is 18.6. The summed E-state index contributed by atoms with van der Waals surface area (Å²) >= 11 is 1.49. The summed E-state index contributed by atoms with van der Waals surface area (Å²) in [5.41, 5.74) is 12.7. The van der Waals surface area contributed by atoms with E-state index in [2.05, 4.69) is 36.1 Å². The van der Waals surface area contributed by atoms with Crippen LogP contribution in [0.1, 0.15) is 10.5 Å². The van der Waals surface area contributed by atoms with Gasteiger partial charge < -0.3 is 11.1 Å². The molecule has 0 radical (unpaired) electrons. The van der Waals surface area contributed by atoms with Crippen LogP contribution in [-0.4, -0.2) is 25.8 Å². The maximum atomic E-state index is 12.1. The number of nitrogens with zero attached hydrogens (tertiary/aromatic N) is 4. The first-order valence-corrected chi connectivity index (χ1v) is 8.73. The van der Waals surface area contributed by atoms with E-state index in [0.29, 0.717) is 10.9 Å². The van der Waals surface area contributed by atoms with E-state index in [1.54, 1.807) is 18.2 Å². The van der Waals surface area contributed by atoms with E-state index >= 15 is 0 Å². The number of carbonyl (C=O) groups is 1. The van der Waals surface area contributed by atoms with Crippen LogP contribution < -0.4 is 21.9 Å². The number of para-hydroxylation sites is 1. The summed E-state index contributed by atoms with van der Waals surface area (Å²) in [5.74, 6) is 0.242. The molecule has 0 atom stereocenters. The van der Waals surface area contributed by atoms with Crippen LogP contribution in [0.3, 0.4) is 0 Å². The number of nitrogens with one attached hydrogen (secondary N) is 3. The van der Waals surface area contributed by atoms with Crippen LogP contribution in [0.2, 0.25) is 0 Å². The summed E-state index contributed by atoms with van der Waals surface area (Å²) in [6.07, 6.45) is 2.87. The van der Waals surface area contributed by atoms with Crippen molar-refractivity contribution in [2.75, 3.05) is 16.5 Å². The molecule has 0 spiro atoms. The van der Waals surface area contributed by atoms with E-state index in [1.165, 1.54) is 23.9 Å². The van der Waals surface area contributed by atoms with Gasteiger partial charge >= 0.3 is 0 Å². The number of nitrogen functional groups attached to an aromatic ring is 1. The van der Waals surface area contributed by atoms with Gasteiger partial charge in [0.15, 0.2) is 16.8 Å². The number of hydrogen-bond acceptors (Lipinski definition) is 9. The first kappa shape index (κ1) is 16.7. The number of aromatic nitrogens is 4. The number of thiazole rings is 1. The van der Waals surface area contributed by atoms with Crippen molar-refractivity contribution >= 4 is 49.9 Å². The molecule has 4 aromatic rings. The second kappa shape index (κ2) is 7.22. The van der Waals surface area contributed by atoms with Crippen LogP contribution in [0.4, 0.5) is 22.5 Å². The second-order valence-electron chi connectivity index (χ2n) is 5.39. The molecular formula is C17H14N8OS. The monoisotopic (exact) mass is 378 g/mol. The molecule has 5 N–H and O–H groups in total. The van der Waals surface area contributed by atoms with Crippen LogP contribution in [0, 0.1) is 0 Å². The Balaban J connectivity index is 1.50. The van der Waals surface area contributed by atoms with Gasteiger partial charge in [0.1, 0.15) is 17.7 Å². The minimum atomic E-state index is -0.408. The van der Waals surface area contributed by atoms with E-state index in [9.17, 15) is 4.79 Å². The second-order valence-corrected chi connectivity index (χ2v) is 6.42. The summed E-state index contributed by atoms with van der Waals surface area (Å²) in [6, 6.07) is 12.9. The SMILES string of the molecule is Nc1c(NNC(=O)c2ccccn2)ncnc1Nc1nc2ccccc2s1. The number of hydrogen-bond donors (Lipinski definition) is 4. The van der Waals surface area contributed by atoms with Crippen LogP contribution in [0.15, 0.2) is 55.0 Å². The van der Waals surface area contributed by atoms with Crippen LogP contribution >= 0.6 is 11.3 Å². The van der Waals surface area contributed by atoms with Crippen LogP contribution in [0.5, 0.6) is 0 Å². The van der Waals surface area contributed by atoms with Gasteiger partial charge in [-0.05, 0) is 24.3 Å². The fraction of sp³-hybridized carbons (Fsp3) is 0. The number of anilines is 4. The van der Waals surface area contributed by atoms with Crippen molar-refractivity contribution in [1.82, 2.24) is 25.4 Å². The molecule has 3 heterocycles. The average molecular weight is 378 g/mol. The van der Waals surface area contributed by atoms with Gasteiger partial charge in [0.05, 0.1) is 10.2 Å². The van der Waals surface area contributed by atoms with Gasteiger partial charge in [0.2, 0.25) is 0 Å². The third kappa shape index (κ3) is 3.60. The molecule has 0 unspecified atom stereocenters. The van der Waals surface area contributed by atoms with Gasteiger partial charge in [-0.2, -0.15) is 0 Å². The topological polar surface area (TPSA) is 131 Å². The molecule has 1 amide bonds. The van der Waals surface area contributed by atoms with Crippen molar-refractivity contribution in [1.29, 1.82) is 0 Å². The van der Waals surface area contributed by atoms with E-state index in [4.69, 9.17) is 5.73 Å². The van der Waals surface area contributed by atoms with Gasteiger partial charge in [-0.25, -0.2) is 15.0 Å². The van der Waals surface area contributed by atoms with E-state index in [-0.39, 0.29) is 17.2 Å². The van der Waals surface area contributed by atoms with Gasteiger partial charge in [-0.15, -0.1) is 0 Å². The lowest BCUT2D eigenvalue weighted by atomic mass is 10.3. The van der Waals surface area contributed by atoms with Crippen LogP contribution in [0.25, 0.3) is 10.2 Å². The summed E-state index contributed by atoms with van der Waals surface area (Å²) < 4.78 is 1.05. The molecule has 134 valence electrons. The molecule has 0 aliphatic rings. The lowest BCUT2D eigenvalue weighted by Crippen LogP contribution is -2.31. The first-order valence-electron chi connectivity index (χ1n) is 7.91. The number of fused-ring (bicyclic) bond motifs is 1. The van der Waals surface area contributed by atoms with Crippen LogP contribution in [-0.2, 0) is 0 Å². The molecule has 3 aromatic heterocycles. The highest BCUT2D eigenvalue weighted by Crippen LogP contribution is 2.30. The molecule has 9 nitrogen and oxygen atoms in total. The lowest BCUT2D eigenvalue weighted by Gasteiger charge is -2.11. The Bertz CT molecular complexity index is 1070. The molecule has 27 heavy (non-hydrogen) atoms. The third-order valence-corrected chi connectivity index (χ3v) is 4.55. The average Bonchev–Trinajstić information content (AvgIpc) is 3.11. The predicted molar refractivity (Wildman–Crippen MR) is 105 cm³/mol. The van der Waals surface area contributed by atoms with Crippen molar-refractivity contribution in [3.63, 3.8) is 0 Å². The Hall–Kier alpha value is -3.79. The minimum Gasteiger partial charge on any atom is -0.393 e. The fourth-order valence-corrected chi connectivity index (χ4v) is 3.16. The summed E-state index contributed by atoms with van der Waals surface area (Å²) in [5, 5.41) is 3.75. The molecule has 4 rings (SSSR count). The molecule has 0 bridgehead atoms. The third-order valence-electron chi connectivity index (χ3n) is 3.60. The highest BCUT2D eigenvalue weighted by atomic mass is 32.1.